The minimum atomic E-state index is -3.83. The van der Waals surface area contributed by atoms with Gasteiger partial charge in [-0.05, 0) is 48.5 Å². The fourth-order valence-corrected chi connectivity index (χ4v) is 4.07. The van der Waals surface area contributed by atoms with E-state index in [2.05, 4.69) is 25.2 Å². The highest BCUT2D eigenvalue weighted by atomic mass is 35.5. The van der Waals surface area contributed by atoms with Crippen molar-refractivity contribution in [1.82, 2.24) is 19.7 Å². The van der Waals surface area contributed by atoms with Crippen molar-refractivity contribution in [2.45, 2.75) is 18.2 Å². The molecule has 12 heteroatoms. The molecule has 2 aromatic heterocycles. The smallest absolute Gasteiger partial charge is 0.420 e. The molecule has 5 rings (SSSR count). The lowest BCUT2D eigenvalue weighted by molar-refractivity contribution is -0.0964. The molecule has 2 N–H and O–H groups in total. The van der Waals surface area contributed by atoms with Gasteiger partial charge < -0.3 is 24.5 Å². The summed E-state index contributed by atoms with van der Waals surface area (Å²) < 4.78 is 37.4. The summed E-state index contributed by atoms with van der Waals surface area (Å²) in [5.74, 6) is 0.0209. The number of hydrogen-bond acceptors (Lipinski definition) is 7. The molecular weight excluding hydrogens is 484 g/mol. The average molecular weight is 502 g/mol. The molecule has 2 aromatic carbocycles. The standard InChI is InChI=1S/C23H18ClF2N5O4/c24-23(25,26)35-16-5-3-14(4-6-16)28-22(33)13-8-17(18-2-1-7-27-30-18)21-19(9-13)29-20-12-34-11-15(10-32)31(20)21/h1-9,15,32H,10-12H2,(H,28,33)/t15-/m1/s1. The van der Waals surface area contributed by atoms with Crippen LogP contribution >= 0.6 is 11.6 Å². The molecule has 4 aromatic rings. The minimum Gasteiger partial charge on any atom is -0.420 e. The third-order valence-electron chi connectivity index (χ3n) is 5.43. The Balaban J connectivity index is 1.53. The molecule has 0 saturated heterocycles. The second kappa shape index (κ2) is 9.17. The second-order valence-electron chi connectivity index (χ2n) is 7.78. The third kappa shape index (κ3) is 4.78. The van der Waals surface area contributed by atoms with E-state index >= 15 is 0 Å². The second-order valence-corrected chi connectivity index (χ2v) is 8.22. The van der Waals surface area contributed by atoms with Crippen LogP contribution in [0.2, 0.25) is 0 Å². The Kier molecular flexibility index (Phi) is 6.05. The van der Waals surface area contributed by atoms with Crippen molar-refractivity contribution < 1.29 is 28.2 Å². The number of halogens is 3. The van der Waals surface area contributed by atoms with Gasteiger partial charge >= 0.3 is 5.57 Å². The predicted octanol–water partition coefficient (Wildman–Crippen LogP) is 3.98. The number of ether oxygens (including phenoxy) is 2. The van der Waals surface area contributed by atoms with Crippen LogP contribution in [0.15, 0.2) is 54.7 Å². The molecule has 0 unspecified atom stereocenters. The molecule has 1 amide bonds. The van der Waals surface area contributed by atoms with Crippen LogP contribution in [-0.2, 0) is 11.3 Å². The summed E-state index contributed by atoms with van der Waals surface area (Å²) in [6.07, 6.45) is 1.54. The monoisotopic (exact) mass is 501 g/mol. The number of aromatic nitrogens is 4. The zero-order valence-corrected chi connectivity index (χ0v) is 18.7. The van der Waals surface area contributed by atoms with Gasteiger partial charge in [0.1, 0.15) is 18.2 Å². The van der Waals surface area contributed by atoms with Gasteiger partial charge in [0, 0.05) is 34.6 Å². The number of carbonyl (C=O) groups is 1. The van der Waals surface area contributed by atoms with E-state index in [1.807, 2.05) is 4.57 Å². The number of carbonyl (C=O) groups excluding carboxylic acids is 1. The van der Waals surface area contributed by atoms with Gasteiger partial charge in [-0.15, -0.1) is 8.78 Å². The number of anilines is 1. The van der Waals surface area contributed by atoms with E-state index in [-0.39, 0.29) is 25.0 Å². The zero-order valence-electron chi connectivity index (χ0n) is 18.0. The van der Waals surface area contributed by atoms with Crippen molar-refractivity contribution in [2.24, 2.45) is 0 Å². The Hall–Kier alpha value is -3.67. The highest BCUT2D eigenvalue weighted by Gasteiger charge is 2.28. The third-order valence-corrected chi connectivity index (χ3v) is 5.51. The maximum atomic E-state index is 13.1. The fourth-order valence-electron chi connectivity index (χ4n) is 3.98. The lowest BCUT2D eigenvalue weighted by atomic mass is 10.0. The molecule has 9 nitrogen and oxygen atoms in total. The summed E-state index contributed by atoms with van der Waals surface area (Å²) in [6, 6.07) is 11.8. The first-order chi connectivity index (χ1) is 16.8. The first-order valence-corrected chi connectivity index (χ1v) is 10.9. The molecule has 180 valence electrons. The molecule has 0 bridgehead atoms. The molecule has 0 fully saturated rings. The topological polar surface area (TPSA) is 111 Å². The Labute approximate surface area is 202 Å². The van der Waals surface area contributed by atoms with E-state index in [0.717, 1.165) is 0 Å². The summed E-state index contributed by atoms with van der Waals surface area (Å²) in [5.41, 5.74) is -0.787. The molecule has 35 heavy (non-hydrogen) atoms. The van der Waals surface area contributed by atoms with Gasteiger partial charge in [-0.1, -0.05) is 0 Å². The van der Waals surface area contributed by atoms with Gasteiger partial charge in [0.15, 0.2) is 0 Å². The van der Waals surface area contributed by atoms with Gasteiger partial charge in [0.05, 0.1) is 36.0 Å². The number of nitrogens with zero attached hydrogens (tertiary/aromatic N) is 4. The minimum absolute atomic E-state index is 0.143. The molecule has 0 spiro atoms. The SMILES string of the molecule is O=C(Nc1ccc(OC(F)(F)Cl)cc1)c1cc(-c2cccnn2)c2c(c1)nc1n2[C@H](CO)COC1. The highest BCUT2D eigenvalue weighted by Crippen LogP contribution is 2.34. The number of alkyl halides is 3. The fraction of sp³-hybridized carbons (Fsp3) is 0.217. The van der Waals surface area contributed by atoms with E-state index < -0.39 is 11.5 Å². The quantitative estimate of drug-likeness (QED) is 0.384. The first kappa shape index (κ1) is 23.1. The van der Waals surface area contributed by atoms with Gasteiger partial charge in [0.25, 0.3) is 5.91 Å². The zero-order chi connectivity index (χ0) is 24.6. The normalized spacial score (nSPS) is 15.6. The van der Waals surface area contributed by atoms with E-state index in [0.29, 0.717) is 46.0 Å². The molecule has 1 aliphatic heterocycles. The lowest BCUT2D eigenvalue weighted by Crippen LogP contribution is -2.26. The van der Waals surface area contributed by atoms with Crippen LogP contribution in [0, 0.1) is 0 Å². The Morgan fingerprint density at radius 3 is 2.77 bits per heavy atom. The molecule has 0 aliphatic carbocycles. The van der Waals surface area contributed by atoms with Crippen molar-refractivity contribution in [3.63, 3.8) is 0 Å². The van der Waals surface area contributed by atoms with Crippen LogP contribution in [0.4, 0.5) is 14.5 Å². The van der Waals surface area contributed by atoms with Gasteiger partial charge in [-0.3, -0.25) is 4.79 Å². The van der Waals surface area contributed by atoms with Crippen LogP contribution < -0.4 is 10.1 Å². The number of imidazole rings is 1. The van der Waals surface area contributed by atoms with E-state index in [4.69, 9.17) is 16.3 Å². The largest absolute Gasteiger partial charge is 0.487 e. The molecule has 1 aliphatic rings. The Morgan fingerprint density at radius 2 is 2.09 bits per heavy atom. The van der Waals surface area contributed by atoms with Crippen molar-refractivity contribution in [1.29, 1.82) is 0 Å². The number of aliphatic hydroxyl groups is 1. The van der Waals surface area contributed by atoms with Crippen LogP contribution in [0.3, 0.4) is 0 Å². The molecule has 0 radical (unpaired) electrons. The number of hydrogen-bond donors (Lipinski definition) is 2. The Morgan fingerprint density at radius 1 is 1.29 bits per heavy atom. The van der Waals surface area contributed by atoms with Crippen LogP contribution in [0.1, 0.15) is 22.2 Å². The Bertz CT molecular complexity index is 1380. The number of rotatable bonds is 6. The summed E-state index contributed by atoms with van der Waals surface area (Å²) in [7, 11) is 0. The number of benzene rings is 2. The number of nitrogens with one attached hydrogen (secondary N) is 1. The summed E-state index contributed by atoms with van der Waals surface area (Å²) >= 11 is 4.78. The first-order valence-electron chi connectivity index (χ1n) is 10.5. The maximum Gasteiger partial charge on any atom is 0.487 e. The summed E-state index contributed by atoms with van der Waals surface area (Å²) in [4.78, 5) is 17.7. The van der Waals surface area contributed by atoms with Crippen LogP contribution in [0.25, 0.3) is 22.3 Å². The van der Waals surface area contributed by atoms with Crippen molar-refractivity contribution in [2.75, 3.05) is 18.5 Å². The molecule has 3 heterocycles. The maximum absolute atomic E-state index is 13.1. The average Bonchev–Trinajstić information content (AvgIpc) is 3.23. The van der Waals surface area contributed by atoms with Crippen molar-refractivity contribution in [3.05, 3.63) is 66.1 Å². The van der Waals surface area contributed by atoms with Gasteiger partial charge in [-0.25, -0.2) is 4.98 Å². The van der Waals surface area contributed by atoms with E-state index in [1.165, 1.54) is 24.3 Å². The van der Waals surface area contributed by atoms with E-state index in [1.54, 1.807) is 30.5 Å². The number of fused-ring (bicyclic) bond motifs is 3. The van der Waals surface area contributed by atoms with Crippen molar-refractivity contribution in [3.8, 4) is 17.0 Å². The number of aliphatic hydroxyl groups excluding tert-OH is 1. The van der Waals surface area contributed by atoms with Gasteiger partial charge in [-0.2, -0.15) is 10.2 Å². The van der Waals surface area contributed by atoms with Crippen LogP contribution in [0.5, 0.6) is 5.75 Å². The van der Waals surface area contributed by atoms with Crippen molar-refractivity contribution >= 4 is 34.2 Å². The molecule has 1 atom stereocenters. The molecule has 0 saturated carbocycles. The van der Waals surface area contributed by atoms with Crippen LogP contribution in [-0.4, -0.2) is 49.5 Å². The van der Waals surface area contributed by atoms with Gasteiger partial charge in [0.2, 0.25) is 0 Å². The predicted molar refractivity (Wildman–Crippen MR) is 122 cm³/mol. The summed E-state index contributed by atoms with van der Waals surface area (Å²) in [5, 5.41) is 20.8. The highest BCUT2D eigenvalue weighted by molar-refractivity contribution is 6.20. The molecular formula is C23H18ClF2N5O4. The van der Waals surface area contributed by atoms with E-state index in [9.17, 15) is 18.7 Å². The lowest BCUT2D eigenvalue weighted by Gasteiger charge is -2.25. The summed E-state index contributed by atoms with van der Waals surface area (Å²) in [6.45, 7) is 0.449. The number of amides is 1.